The van der Waals surface area contributed by atoms with Crippen molar-refractivity contribution in [3.8, 4) is 11.8 Å². The highest BCUT2D eigenvalue weighted by Crippen LogP contribution is 2.36. The molecule has 10 nitrogen and oxygen atoms in total. The standard InChI is InChI=1S/C19H22ClN5O5/c1-10-21-16(28-2)14(17(22-10)29-3)24-19-23-13-12(20)7-6-11(18(27)30-4)15(13)25(19)8-5-9-26/h6-7,26H,5,8-9H2,1-4H3,(H,23,24). The van der Waals surface area contributed by atoms with Gasteiger partial charge in [-0.2, -0.15) is 9.97 Å². The van der Waals surface area contributed by atoms with E-state index in [1.807, 2.05) is 0 Å². The Bertz CT molecular complexity index is 1060. The summed E-state index contributed by atoms with van der Waals surface area (Å²) in [6.45, 7) is 2.03. The van der Waals surface area contributed by atoms with Gasteiger partial charge in [0.25, 0.3) is 0 Å². The topological polar surface area (TPSA) is 121 Å². The number of esters is 1. The van der Waals surface area contributed by atoms with Gasteiger partial charge in [0, 0.05) is 13.2 Å². The predicted molar refractivity (Wildman–Crippen MR) is 111 cm³/mol. The second-order valence-corrected chi connectivity index (χ2v) is 6.64. The Morgan fingerprint density at radius 1 is 1.17 bits per heavy atom. The summed E-state index contributed by atoms with van der Waals surface area (Å²) in [7, 11) is 4.26. The van der Waals surface area contributed by atoms with E-state index in [4.69, 9.17) is 25.8 Å². The van der Waals surface area contributed by atoms with Crippen LogP contribution >= 0.6 is 11.6 Å². The first-order valence-electron chi connectivity index (χ1n) is 9.06. The fourth-order valence-electron chi connectivity index (χ4n) is 3.06. The highest BCUT2D eigenvalue weighted by molar-refractivity contribution is 6.35. The van der Waals surface area contributed by atoms with E-state index < -0.39 is 5.97 Å². The Morgan fingerprint density at radius 2 is 1.83 bits per heavy atom. The molecule has 0 saturated carbocycles. The molecular weight excluding hydrogens is 414 g/mol. The van der Waals surface area contributed by atoms with Crippen LogP contribution in [0.5, 0.6) is 11.8 Å². The molecule has 0 radical (unpaired) electrons. The van der Waals surface area contributed by atoms with E-state index in [9.17, 15) is 9.90 Å². The monoisotopic (exact) mass is 435 g/mol. The molecule has 2 heterocycles. The zero-order chi connectivity index (χ0) is 21.8. The highest BCUT2D eigenvalue weighted by Gasteiger charge is 2.23. The summed E-state index contributed by atoms with van der Waals surface area (Å²) in [5.41, 5.74) is 1.55. The maximum absolute atomic E-state index is 12.3. The van der Waals surface area contributed by atoms with E-state index >= 15 is 0 Å². The van der Waals surface area contributed by atoms with Crippen LogP contribution in [0.15, 0.2) is 12.1 Å². The molecule has 0 saturated heterocycles. The number of imidazole rings is 1. The predicted octanol–water partition coefficient (Wildman–Crippen LogP) is 2.72. The van der Waals surface area contributed by atoms with Gasteiger partial charge < -0.3 is 29.2 Å². The lowest BCUT2D eigenvalue weighted by molar-refractivity contribution is 0.0602. The molecule has 2 N–H and O–H groups in total. The van der Waals surface area contributed by atoms with E-state index in [1.165, 1.54) is 21.3 Å². The zero-order valence-corrected chi connectivity index (χ0v) is 17.8. The van der Waals surface area contributed by atoms with Gasteiger partial charge in [0.05, 0.1) is 37.4 Å². The molecule has 0 fully saturated rings. The third-order valence-electron chi connectivity index (χ3n) is 4.37. The molecule has 30 heavy (non-hydrogen) atoms. The number of ether oxygens (including phenoxy) is 3. The molecule has 0 amide bonds. The molecule has 0 aliphatic heterocycles. The molecule has 1 aromatic carbocycles. The maximum Gasteiger partial charge on any atom is 0.340 e. The minimum absolute atomic E-state index is 0.0481. The van der Waals surface area contributed by atoms with Crippen LogP contribution in [-0.2, 0) is 11.3 Å². The molecule has 0 atom stereocenters. The summed E-state index contributed by atoms with van der Waals surface area (Å²) >= 11 is 6.36. The number of hydrogen-bond acceptors (Lipinski definition) is 9. The second kappa shape index (κ2) is 9.14. The lowest BCUT2D eigenvalue weighted by atomic mass is 10.2. The molecule has 0 unspecified atom stereocenters. The third kappa shape index (κ3) is 3.96. The van der Waals surface area contributed by atoms with Gasteiger partial charge in [0.1, 0.15) is 11.3 Å². The number of methoxy groups -OCH3 is 3. The molecule has 0 bridgehead atoms. The number of anilines is 2. The number of aliphatic hydroxyl groups excluding tert-OH is 1. The smallest absolute Gasteiger partial charge is 0.340 e. The average molecular weight is 436 g/mol. The van der Waals surface area contributed by atoms with E-state index in [0.29, 0.717) is 52.0 Å². The van der Waals surface area contributed by atoms with Gasteiger partial charge in [0.2, 0.25) is 17.7 Å². The first-order chi connectivity index (χ1) is 14.4. The van der Waals surface area contributed by atoms with Gasteiger partial charge >= 0.3 is 5.97 Å². The first kappa shape index (κ1) is 21.6. The van der Waals surface area contributed by atoms with Crippen molar-refractivity contribution in [3.63, 3.8) is 0 Å². The number of benzene rings is 1. The zero-order valence-electron chi connectivity index (χ0n) is 17.0. The van der Waals surface area contributed by atoms with Crippen molar-refractivity contribution < 1.29 is 24.1 Å². The van der Waals surface area contributed by atoms with Crippen LogP contribution in [0, 0.1) is 6.92 Å². The molecule has 160 valence electrons. The minimum Gasteiger partial charge on any atom is -0.479 e. The van der Waals surface area contributed by atoms with Gasteiger partial charge in [-0.25, -0.2) is 9.78 Å². The molecule has 0 aliphatic carbocycles. The summed E-state index contributed by atoms with van der Waals surface area (Å²) in [5.74, 6) is 0.820. The van der Waals surface area contributed by atoms with Crippen LogP contribution in [0.1, 0.15) is 22.6 Å². The van der Waals surface area contributed by atoms with E-state index in [-0.39, 0.29) is 18.4 Å². The van der Waals surface area contributed by atoms with Crippen molar-refractivity contribution in [2.24, 2.45) is 0 Å². The normalized spacial score (nSPS) is 10.9. The number of carbonyl (C=O) groups excluding carboxylic acids is 1. The van der Waals surface area contributed by atoms with E-state index in [2.05, 4.69) is 20.3 Å². The Labute approximate surface area is 177 Å². The summed E-state index contributed by atoms with van der Waals surface area (Å²) < 4.78 is 17.4. The number of hydrogen-bond donors (Lipinski definition) is 2. The van der Waals surface area contributed by atoms with Crippen LogP contribution in [-0.4, -0.2) is 58.5 Å². The Morgan fingerprint density at radius 3 is 2.40 bits per heavy atom. The molecule has 0 aliphatic rings. The van der Waals surface area contributed by atoms with Gasteiger partial charge in [-0.05, 0) is 25.5 Å². The van der Waals surface area contributed by atoms with Crippen LogP contribution in [0.2, 0.25) is 5.02 Å². The minimum atomic E-state index is -0.526. The summed E-state index contributed by atoms with van der Waals surface area (Å²) in [6.07, 6.45) is 0.423. The van der Waals surface area contributed by atoms with Crippen LogP contribution in [0.25, 0.3) is 11.0 Å². The summed E-state index contributed by atoms with van der Waals surface area (Å²) in [5, 5.41) is 12.9. The number of aromatic nitrogens is 4. The van der Waals surface area contributed by atoms with Gasteiger partial charge in [0.15, 0.2) is 5.69 Å². The number of aliphatic hydroxyl groups is 1. The number of halogens is 1. The summed E-state index contributed by atoms with van der Waals surface area (Å²) in [4.78, 5) is 25.4. The van der Waals surface area contributed by atoms with Crippen LogP contribution in [0.3, 0.4) is 0 Å². The first-order valence-corrected chi connectivity index (χ1v) is 9.44. The maximum atomic E-state index is 12.3. The Balaban J connectivity index is 2.24. The highest BCUT2D eigenvalue weighted by atomic mass is 35.5. The van der Waals surface area contributed by atoms with Crippen molar-refractivity contribution in [3.05, 3.63) is 28.5 Å². The summed E-state index contributed by atoms with van der Waals surface area (Å²) in [6, 6.07) is 3.16. The molecular formula is C19H22ClN5O5. The lowest BCUT2D eigenvalue weighted by Crippen LogP contribution is -2.11. The van der Waals surface area contributed by atoms with Gasteiger partial charge in [-0.1, -0.05) is 11.6 Å². The fourth-order valence-corrected chi connectivity index (χ4v) is 3.25. The fraction of sp³-hybridized carbons (Fsp3) is 0.368. The average Bonchev–Trinajstić information content (AvgIpc) is 3.11. The lowest BCUT2D eigenvalue weighted by Gasteiger charge is -2.15. The van der Waals surface area contributed by atoms with Crippen LogP contribution in [0.4, 0.5) is 11.6 Å². The Kier molecular flexibility index (Phi) is 6.58. The number of rotatable bonds is 8. The van der Waals surface area contributed by atoms with Crippen molar-refractivity contribution in [1.82, 2.24) is 19.5 Å². The largest absolute Gasteiger partial charge is 0.479 e. The van der Waals surface area contributed by atoms with Crippen molar-refractivity contribution in [2.75, 3.05) is 33.3 Å². The SMILES string of the molecule is COC(=O)c1ccc(Cl)c2nc(Nc3c(OC)nc(C)nc3OC)n(CCCO)c12. The van der Waals surface area contributed by atoms with Gasteiger partial charge in [-0.3, -0.25) is 0 Å². The second-order valence-electron chi connectivity index (χ2n) is 6.24. The van der Waals surface area contributed by atoms with Crippen molar-refractivity contribution >= 4 is 40.2 Å². The quantitative estimate of drug-likeness (QED) is 0.514. The Hall–Kier alpha value is -3.11. The third-order valence-corrected chi connectivity index (χ3v) is 4.67. The van der Waals surface area contributed by atoms with E-state index in [0.717, 1.165) is 0 Å². The molecule has 11 heteroatoms. The van der Waals surface area contributed by atoms with Crippen molar-refractivity contribution in [2.45, 2.75) is 19.9 Å². The number of aryl methyl sites for hydroxylation is 2. The van der Waals surface area contributed by atoms with Crippen LogP contribution < -0.4 is 14.8 Å². The number of nitrogens with one attached hydrogen (secondary N) is 1. The molecule has 3 aromatic rings. The van der Waals surface area contributed by atoms with Gasteiger partial charge in [-0.15, -0.1) is 0 Å². The molecule has 3 rings (SSSR count). The van der Waals surface area contributed by atoms with E-state index in [1.54, 1.807) is 23.6 Å². The molecule has 0 spiro atoms. The number of nitrogens with zero attached hydrogens (tertiary/aromatic N) is 4. The molecule has 2 aromatic heterocycles. The number of fused-ring (bicyclic) bond motifs is 1. The van der Waals surface area contributed by atoms with Crippen molar-refractivity contribution in [1.29, 1.82) is 0 Å². The number of carbonyl (C=O) groups is 1.